The fraction of sp³-hybridized carbons (Fsp3) is 0.429. The van der Waals surface area contributed by atoms with E-state index < -0.39 is 5.60 Å². The second-order valence-corrected chi connectivity index (χ2v) is 12.4. The largest absolute Gasteiger partial charge is 0.465 e. The summed E-state index contributed by atoms with van der Waals surface area (Å²) in [6.45, 7) is 4.38. The van der Waals surface area contributed by atoms with Crippen molar-refractivity contribution < 1.29 is 19.4 Å². The molecule has 4 aliphatic rings. The third-order valence-electron chi connectivity index (χ3n) is 10.4. The van der Waals surface area contributed by atoms with Gasteiger partial charge in [-0.1, -0.05) is 61.0 Å². The Morgan fingerprint density at radius 1 is 1.00 bits per heavy atom. The minimum absolute atomic E-state index is 0.124. The standard InChI is InChI=1S/C35H38O4/c1-34-21-30(24-11-9-22(10-12-24)7-8-23-5-4-6-26(19-23)33(37)39-3)32-28-16-14-27(36)20-25(28)13-15-29(32)31(34)17-18-35(34,2)38/h4-12,19-20,29-31,38H,13-18,21H2,1-3H3/b8-7+/t29?,30-,31?,34+,35?/m1/s1. The molecule has 2 saturated carbocycles. The first-order valence-corrected chi connectivity index (χ1v) is 14.4. The van der Waals surface area contributed by atoms with E-state index in [1.807, 2.05) is 30.4 Å². The number of fused-ring (bicyclic) bond motifs is 4. The third-order valence-corrected chi connectivity index (χ3v) is 10.4. The Bertz CT molecular complexity index is 1410. The highest BCUT2D eigenvalue weighted by molar-refractivity contribution is 5.93. The van der Waals surface area contributed by atoms with Crippen molar-refractivity contribution in [3.8, 4) is 0 Å². The third kappa shape index (κ3) is 4.43. The highest BCUT2D eigenvalue weighted by atomic mass is 16.5. The molecule has 6 rings (SSSR count). The van der Waals surface area contributed by atoms with Crippen LogP contribution in [0.2, 0.25) is 0 Å². The first-order valence-electron chi connectivity index (χ1n) is 14.4. The maximum atomic E-state index is 12.3. The molecular formula is C35H38O4. The van der Waals surface area contributed by atoms with Crippen LogP contribution in [0.1, 0.15) is 91.8 Å². The van der Waals surface area contributed by atoms with Crippen LogP contribution in [-0.2, 0) is 9.53 Å². The zero-order valence-corrected chi connectivity index (χ0v) is 23.2. The Hall–Kier alpha value is -3.24. The Labute approximate surface area is 231 Å². The zero-order chi connectivity index (χ0) is 27.4. The maximum absolute atomic E-state index is 12.3. The smallest absolute Gasteiger partial charge is 0.337 e. The second-order valence-electron chi connectivity index (χ2n) is 12.4. The molecular weight excluding hydrogens is 484 g/mol. The number of methoxy groups -OCH3 is 1. The van der Waals surface area contributed by atoms with Gasteiger partial charge in [0.15, 0.2) is 5.78 Å². The number of benzene rings is 2. The topological polar surface area (TPSA) is 63.6 Å². The summed E-state index contributed by atoms with van der Waals surface area (Å²) in [6.07, 6.45) is 12.4. The molecule has 0 heterocycles. The van der Waals surface area contributed by atoms with Crippen molar-refractivity contribution in [1.29, 1.82) is 0 Å². The summed E-state index contributed by atoms with van der Waals surface area (Å²) >= 11 is 0. The lowest BCUT2D eigenvalue weighted by atomic mass is 9.51. The van der Waals surface area contributed by atoms with Crippen LogP contribution in [0, 0.1) is 17.3 Å². The fourth-order valence-electron chi connectivity index (χ4n) is 8.10. The molecule has 2 aromatic carbocycles. The van der Waals surface area contributed by atoms with Crippen LogP contribution in [0.3, 0.4) is 0 Å². The van der Waals surface area contributed by atoms with Gasteiger partial charge in [0.1, 0.15) is 0 Å². The summed E-state index contributed by atoms with van der Waals surface area (Å²) in [5.41, 5.74) is 7.36. The molecule has 202 valence electrons. The average molecular weight is 523 g/mol. The van der Waals surface area contributed by atoms with Crippen molar-refractivity contribution in [3.63, 3.8) is 0 Å². The molecule has 0 spiro atoms. The average Bonchev–Trinajstić information content (AvgIpc) is 3.19. The van der Waals surface area contributed by atoms with E-state index in [4.69, 9.17) is 4.74 Å². The molecule has 0 saturated heterocycles. The molecule has 2 aromatic rings. The quantitative estimate of drug-likeness (QED) is 0.338. The van der Waals surface area contributed by atoms with Crippen LogP contribution in [0.15, 0.2) is 71.3 Å². The SMILES string of the molecule is COC(=O)c1cccc(/C=C/c2ccc([C@H]3C[C@@]4(C)C(CCC4(C)O)C4CCC5=CC(=O)CCC5=C43)cc2)c1. The van der Waals surface area contributed by atoms with Gasteiger partial charge < -0.3 is 9.84 Å². The molecule has 0 radical (unpaired) electrons. The van der Waals surface area contributed by atoms with Crippen molar-refractivity contribution >= 4 is 23.9 Å². The minimum Gasteiger partial charge on any atom is -0.465 e. The lowest BCUT2D eigenvalue weighted by Gasteiger charge is -2.54. The monoisotopic (exact) mass is 522 g/mol. The van der Waals surface area contributed by atoms with E-state index >= 15 is 0 Å². The molecule has 4 nitrogen and oxygen atoms in total. The predicted molar refractivity (Wildman–Crippen MR) is 154 cm³/mol. The number of ketones is 1. The number of ether oxygens (including phenoxy) is 1. The summed E-state index contributed by atoms with van der Waals surface area (Å²) in [6, 6.07) is 16.3. The van der Waals surface area contributed by atoms with Crippen molar-refractivity contribution in [2.75, 3.05) is 7.11 Å². The van der Waals surface area contributed by atoms with Gasteiger partial charge in [-0.15, -0.1) is 0 Å². The van der Waals surface area contributed by atoms with Crippen molar-refractivity contribution in [3.05, 3.63) is 93.6 Å². The number of aliphatic hydroxyl groups is 1. The Morgan fingerprint density at radius 2 is 1.77 bits per heavy atom. The molecule has 39 heavy (non-hydrogen) atoms. The van der Waals surface area contributed by atoms with Gasteiger partial charge in [-0.2, -0.15) is 0 Å². The number of rotatable bonds is 4. The summed E-state index contributed by atoms with van der Waals surface area (Å²) in [4.78, 5) is 24.1. The molecule has 0 aliphatic heterocycles. The second kappa shape index (κ2) is 9.75. The summed E-state index contributed by atoms with van der Waals surface area (Å²) in [5, 5.41) is 11.6. The van der Waals surface area contributed by atoms with Gasteiger partial charge in [-0.3, -0.25) is 4.79 Å². The van der Waals surface area contributed by atoms with Crippen LogP contribution >= 0.6 is 0 Å². The number of carbonyl (C=O) groups is 2. The van der Waals surface area contributed by atoms with Gasteiger partial charge in [-0.25, -0.2) is 4.79 Å². The number of hydrogen-bond donors (Lipinski definition) is 1. The van der Waals surface area contributed by atoms with E-state index in [0.717, 1.165) is 49.7 Å². The molecule has 0 amide bonds. The number of hydrogen-bond acceptors (Lipinski definition) is 4. The van der Waals surface area contributed by atoms with Gasteiger partial charge in [0.2, 0.25) is 0 Å². The fourth-order valence-corrected chi connectivity index (χ4v) is 8.10. The molecule has 4 aliphatic carbocycles. The van der Waals surface area contributed by atoms with E-state index in [2.05, 4.69) is 44.2 Å². The van der Waals surface area contributed by atoms with Gasteiger partial charge >= 0.3 is 5.97 Å². The number of carbonyl (C=O) groups excluding carboxylic acids is 2. The normalized spacial score (nSPS) is 31.9. The number of allylic oxidation sites excluding steroid dienone is 4. The summed E-state index contributed by atoms with van der Waals surface area (Å²) in [5.74, 6) is 1.15. The maximum Gasteiger partial charge on any atom is 0.337 e. The van der Waals surface area contributed by atoms with Crippen molar-refractivity contribution in [2.45, 2.75) is 70.3 Å². The first kappa shape index (κ1) is 26.0. The van der Waals surface area contributed by atoms with E-state index in [-0.39, 0.29) is 23.1 Å². The van der Waals surface area contributed by atoms with Crippen LogP contribution < -0.4 is 0 Å². The lowest BCUT2D eigenvalue weighted by Crippen LogP contribution is -2.50. The van der Waals surface area contributed by atoms with E-state index in [1.165, 1.54) is 23.8 Å². The number of esters is 1. The summed E-state index contributed by atoms with van der Waals surface area (Å²) < 4.78 is 4.84. The molecule has 4 heteroatoms. The van der Waals surface area contributed by atoms with E-state index in [9.17, 15) is 14.7 Å². The highest BCUT2D eigenvalue weighted by Gasteiger charge is 2.60. The molecule has 0 aromatic heterocycles. The Kier molecular flexibility index (Phi) is 6.50. The first-order chi connectivity index (χ1) is 18.7. The van der Waals surface area contributed by atoms with Crippen LogP contribution in [0.4, 0.5) is 0 Å². The van der Waals surface area contributed by atoms with Gasteiger partial charge in [-0.05, 0) is 103 Å². The van der Waals surface area contributed by atoms with Gasteiger partial charge in [0.05, 0.1) is 18.3 Å². The molecule has 0 bridgehead atoms. The Balaban J connectivity index is 1.34. The summed E-state index contributed by atoms with van der Waals surface area (Å²) in [7, 11) is 1.39. The predicted octanol–water partition coefficient (Wildman–Crippen LogP) is 7.29. The van der Waals surface area contributed by atoms with E-state index in [0.29, 0.717) is 23.8 Å². The van der Waals surface area contributed by atoms with Crippen LogP contribution in [-0.4, -0.2) is 29.6 Å². The molecule has 1 N–H and O–H groups in total. The molecule has 5 atom stereocenters. The minimum atomic E-state index is -0.661. The van der Waals surface area contributed by atoms with Crippen LogP contribution in [0.5, 0.6) is 0 Å². The molecule has 2 fully saturated rings. The van der Waals surface area contributed by atoms with E-state index in [1.54, 1.807) is 11.6 Å². The van der Waals surface area contributed by atoms with Gasteiger partial charge in [0, 0.05) is 17.8 Å². The van der Waals surface area contributed by atoms with Crippen molar-refractivity contribution in [1.82, 2.24) is 0 Å². The van der Waals surface area contributed by atoms with Crippen molar-refractivity contribution in [2.24, 2.45) is 17.3 Å². The highest BCUT2D eigenvalue weighted by Crippen LogP contribution is 2.66. The molecule has 3 unspecified atom stereocenters. The van der Waals surface area contributed by atoms with Gasteiger partial charge in [0.25, 0.3) is 0 Å². The van der Waals surface area contributed by atoms with Crippen LogP contribution in [0.25, 0.3) is 12.2 Å². The Morgan fingerprint density at radius 3 is 2.54 bits per heavy atom. The zero-order valence-electron chi connectivity index (χ0n) is 23.2. The lowest BCUT2D eigenvalue weighted by molar-refractivity contribution is -0.114.